The van der Waals surface area contributed by atoms with Gasteiger partial charge >= 0.3 is 0 Å². The van der Waals surface area contributed by atoms with Crippen LogP contribution in [0.2, 0.25) is 0 Å². The maximum atomic E-state index is 13.1. The molecule has 2 heterocycles. The number of sulfonamides is 1. The molecule has 168 valence electrons. The van der Waals surface area contributed by atoms with Crippen LogP contribution in [0.25, 0.3) is 5.69 Å². The third-order valence-electron chi connectivity index (χ3n) is 6.02. The Morgan fingerprint density at radius 3 is 2.16 bits per heavy atom. The van der Waals surface area contributed by atoms with Crippen LogP contribution >= 0.6 is 0 Å². The van der Waals surface area contributed by atoms with Crippen molar-refractivity contribution < 1.29 is 13.2 Å². The Kier molecular flexibility index (Phi) is 5.87. The van der Waals surface area contributed by atoms with Gasteiger partial charge in [0.05, 0.1) is 16.3 Å². The first-order valence-electron chi connectivity index (χ1n) is 10.5. The lowest BCUT2D eigenvalue weighted by Crippen LogP contribution is -2.50. The number of nitrogens with zero attached hydrogens (tertiary/aromatic N) is 5. The lowest BCUT2D eigenvalue weighted by molar-refractivity contribution is 0.0691. The van der Waals surface area contributed by atoms with Gasteiger partial charge in [0.1, 0.15) is 0 Å². The highest BCUT2D eigenvalue weighted by atomic mass is 32.2. The standard InChI is InChI=1S/C23H27N5O3S/c1-16-5-8-20(9-6-16)28-19(4)22(24-25-28)23(29)26-11-13-27(14-12-26)32(30,31)21-10-7-17(2)18(3)15-21/h5-10,15H,11-14H2,1-4H3. The molecular formula is C23H27N5O3S. The fourth-order valence-corrected chi connectivity index (χ4v) is 5.27. The molecular weight excluding hydrogens is 426 g/mol. The number of piperazine rings is 1. The molecule has 1 fully saturated rings. The van der Waals surface area contributed by atoms with Gasteiger partial charge < -0.3 is 4.90 Å². The first-order chi connectivity index (χ1) is 15.2. The van der Waals surface area contributed by atoms with Crippen LogP contribution in [-0.2, 0) is 10.0 Å². The molecule has 1 aliphatic rings. The van der Waals surface area contributed by atoms with Crippen molar-refractivity contribution in [1.82, 2.24) is 24.2 Å². The monoisotopic (exact) mass is 453 g/mol. The summed E-state index contributed by atoms with van der Waals surface area (Å²) in [6.45, 7) is 8.77. The molecule has 1 aromatic heterocycles. The molecule has 2 aromatic carbocycles. The van der Waals surface area contributed by atoms with E-state index < -0.39 is 10.0 Å². The molecule has 3 aromatic rings. The summed E-state index contributed by atoms with van der Waals surface area (Å²) in [5.74, 6) is -0.232. The summed E-state index contributed by atoms with van der Waals surface area (Å²) in [7, 11) is -3.60. The van der Waals surface area contributed by atoms with Crippen LogP contribution in [0.15, 0.2) is 47.4 Å². The summed E-state index contributed by atoms with van der Waals surface area (Å²) in [6, 6.07) is 13.0. The lowest BCUT2D eigenvalue weighted by Gasteiger charge is -2.33. The van der Waals surface area contributed by atoms with E-state index in [4.69, 9.17) is 0 Å². The zero-order valence-corrected chi connectivity index (χ0v) is 19.6. The van der Waals surface area contributed by atoms with Gasteiger partial charge in [-0.2, -0.15) is 4.31 Å². The highest BCUT2D eigenvalue weighted by Crippen LogP contribution is 2.21. The van der Waals surface area contributed by atoms with E-state index >= 15 is 0 Å². The number of rotatable bonds is 4. The van der Waals surface area contributed by atoms with Crippen LogP contribution < -0.4 is 0 Å². The third kappa shape index (κ3) is 4.05. The maximum absolute atomic E-state index is 13.1. The molecule has 0 N–H and O–H groups in total. The van der Waals surface area contributed by atoms with E-state index in [2.05, 4.69) is 10.3 Å². The average Bonchev–Trinajstić information content (AvgIpc) is 3.17. The molecule has 9 heteroatoms. The molecule has 0 bridgehead atoms. The van der Waals surface area contributed by atoms with Crippen molar-refractivity contribution in [2.45, 2.75) is 32.6 Å². The number of carbonyl (C=O) groups excluding carboxylic acids is 1. The van der Waals surface area contributed by atoms with Gasteiger partial charge in [0.2, 0.25) is 10.0 Å². The van der Waals surface area contributed by atoms with Crippen molar-refractivity contribution in [1.29, 1.82) is 0 Å². The maximum Gasteiger partial charge on any atom is 0.276 e. The Morgan fingerprint density at radius 2 is 1.53 bits per heavy atom. The zero-order chi connectivity index (χ0) is 23.0. The second kappa shape index (κ2) is 8.48. The van der Waals surface area contributed by atoms with Crippen molar-refractivity contribution in [2.24, 2.45) is 0 Å². The van der Waals surface area contributed by atoms with E-state index in [1.54, 1.807) is 21.7 Å². The molecule has 32 heavy (non-hydrogen) atoms. The molecule has 1 saturated heterocycles. The molecule has 0 atom stereocenters. The minimum atomic E-state index is -3.60. The van der Waals surface area contributed by atoms with E-state index in [9.17, 15) is 13.2 Å². The second-order valence-electron chi connectivity index (χ2n) is 8.21. The molecule has 0 unspecified atom stereocenters. The van der Waals surface area contributed by atoms with Crippen molar-refractivity contribution in [2.75, 3.05) is 26.2 Å². The number of aromatic nitrogens is 3. The van der Waals surface area contributed by atoms with Crippen LogP contribution in [0.4, 0.5) is 0 Å². The summed E-state index contributed by atoms with van der Waals surface area (Å²) >= 11 is 0. The van der Waals surface area contributed by atoms with E-state index in [-0.39, 0.29) is 29.6 Å². The molecule has 0 radical (unpaired) electrons. The van der Waals surface area contributed by atoms with Crippen LogP contribution in [0, 0.1) is 27.7 Å². The third-order valence-corrected chi connectivity index (χ3v) is 7.91. The first-order valence-corrected chi connectivity index (χ1v) is 12.0. The summed E-state index contributed by atoms with van der Waals surface area (Å²) in [5, 5.41) is 8.27. The average molecular weight is 454 g/mol. The quantitative estimate of drug-likeness (QED) is 0.606. The highest BCUT2D eigenvalue weighted by Gasteiger charge is 2.32. The Labute approximate surface area is 188 Å². The molecule has 8 nitrogen and oxygen atoms in total. The van der Waals surface area contributed by atoms with Gasteiger partial charge in [-0.3, -0.25) is 4.79 Å². The van der Waals surface area contributed by atoms with E-state index in [0.717, 1.165) is 22.4 Å². The number of carbonyl (C=O) groups is 1. The zero-order valence-electron chi connectivity index (χ0n) is 18.7. The smallest absolute Gasteiger partial charge is 0.276 e. The molecule has 1 amide bonds. The van der Waals surface area contributed by atoms with Gasteiger partial charge in [-0.05, 0) is 63.1 Å². The summed E-state index contributed by atoms with van der Waals surface area (Å²) in [4.78, 5) is 15.0. The Bertz CT molecular complexity index is 1260. The fourth-order valence-electron chi connectivity index (χ4n) is 3.76. The number of hydrogen-bond donors (Lipinski definition) is 0. The van der Waals surface area contributed by atoms with E-state index in [1.807, 2.05) is 58.0 Å². The predicted molar refractivity (Wildman–Crippen MR) is 121 cm³/mol. The van der Waals surface area contributed by atoms with Gasteiger partial charge in [-0.15, -0.1) is 5.10 Å². The molecule has 1 aliphatic heterocycles. The Hall–Kier alpha value is -3.04. The van der Waals surface area contributed by atoms with Crippen LogP contribution in [0.3, 0.4) is 0 Å². The van der Waals surface area contributed by atoms with Crippen molar-refractivity contribution in [3.05, 3.63) is 70.5 Å². The van der Waals surface area contributed by atoms with E-state index in [0.29, 0.717) is 18.8 Å². The number of amides is 1. The van der Waals surface area contributed by atoms with Crippen molar-refractivity contribution in [3.63, 3.8) is 0 Å². The highest BCUT2D eigenvalue weighted by molar-refractivity contribution is 7.89. The largest absolute Gasteiger partial charge is 0.335 e. The Morgan fingerprint density at radius 1 is 0.875 bits per heavy atom. The normalized spacial score (nSPS) is 15.2. The first kappa shape index (κ1) is 22.2. The minimum Gasteiger partial charge on any atom is -0.335 e. The van der Waals surface area contributed by atoms with Crippen LogP contribution in [0.1, 0.15) is 32.9 Å². The van der Waals surface area contributed by atoms with Gasteiger partial charge in [0.25, 0.3) is 5.91 Å². The molecule has 0 saturated carbocycles. The van der Waals surface area contributed by atoms with Crippen LogP contribution in [0.5, 0.6) is 0 Å². The summed E-state index contributed by atoms with van der Waals surface area (Å²) in [5.41, 5.74) is 4.90. The number of aryl methyl sites for hydroxylation is 3. The fraction of sp³-hybridized carbons (Fsp3) is 0.348. The second-order valence-corrected chi connectivity index (χ2v) is 10.2. The van der Waals surface area contributed by atoms with Gasteiger partial charge in [-0.1, -0.05) is 29.0 Å². The van der Waals surface area contributed by atoms with Crippen LogP contribution in [-0.4, -0.2) is 64.7 Å². The van der Waals surface area contributed by atoms with Gasteiger partial charge in [0, 0.05) is 26.2 Å². The van der Waals surface area contributed by atoms with Gasteiger partial charge in [0.15, 0.2) is 5.69 Å². The SMILES string of the molecule is Cc1ccc(-n2nnc(C(=O)N3CCN(S(=O)(=O)c4ccc(C)c(C)c4)CC3)c2C)cc1. The molecule has 0 spiro atoms. The van der Waals surface area contributed by atoms with Crippen molar-refractivity contribution in [3.8, 4) is 5.69 Å². The Balaban J connectivity index is 1.47. The lowest BCUT2D eigenvalue weighted by atomic mass is 10.1. The molecule has 0 aliphatic carbocycles. The minimum absolute atomic E-state index is 0.232. The van der Waals surface area contributed by atoms with Gasteiger partial charge in [-0.25, -0.2) is 13.1 Å². The topological polar surface area (TPSA) is 88.4 Å². The predicted octanol–water partition coefficient (Wildman–Crippen LogP) is 2.65. The summed E-state index contributed by atoms with van der Waals surface area (Å²) < 4.78 is 29.2. The van der Waals surface area contributed by atoms with E-state index in [1.165, 1.54) is 4.31 Å². The summed E-state index contributed by atoms with van der Waals surface area (Å²) in [6.07, 6.45) is 0. The van der Waals surface area contributed by atoms with Crippen molar-refractivity contribution >= 4 is 15.9 Å². The molecule has 4 rings (SSSR count). The number of benzene rings is 2. The number of hydrogen-bond acceptors (Lipinski definition) is 5.